The second-order valence-electron chi connectivity index (χ2n) is 6.72. The van der Waals surface area contributed by atoms with Crippen molar-refractivity contribution in [2.75, 3.05) is 5.32 Å². The van der Waals surface area contributed by atoms with Crippen molar-refractivity contribution in [2.24, 2.45) is 0 Å². The van der Waals surface area contributed by atoms with Crippen LogP contribution in [-0.4, -0.2) is 35.9 Å². The minimum Gasteiger partial charge on any atom is -0.322 e. The van der Waals surface area contributed by atoms with Gasteiger partial charge < -0.3 is 5.32 Å². The second-order valence-corrected chi connectivity index (χ2v) is 6.72. The molecule has 4 aromatic rings. The van der Waals surface area contributed by atoms with Crippen LogP contribution in [0.5, 0.6) is 0 Å². The van der Waals surface area contributed by atoms with E-state index in [9.17, 15) is 4.79 Å². The van der Waals surface area contributed by atoms with E-state index in [1.165, 1.54) is 0 Å². The molecule has 1 amide bonds. The van der Waals surface area contributed by atoms with Crippen LogP contribution in [0.15, 0.2) is 67.0 Å². The number of benzene rings is 2. The Morgan fingerprint density at radius 1 is 1.07 bits per heavy atom. The van der Waals surface area contributed by atoms with Gasteiger partial charge in [-0.25, -0.2) is 9.36 Å². The average Bonchev–Trinajstić information content (AvgIpc) is 3.26. The van der Waals surface area contributed by atoms with Crippen LogP contribution in [0.1, 0.15) is 29.2 Å². The first-order chi connectivity index (χ1) is 13.8. The predicted octanol–water partition coefficient (Wildman–Crippen LogP) is 3.11. The number of aromatic nitrogens is 6. The highest BCUT2D eigenvalue weighted by Crippen LogP contribution is 2.36. The molecule has 8 heteroatoms. The van der Waals surface area contributed by atoms with Gasteiger partial charge in [0.25, 0.3) is 5.91 Å². The van der Waals surface area contributed by atoms with Gasteiger partial charge in [-0.15, -0.1) is 5.10 Å². The highest BCUT2D eigenvalue weighted by atomic mass is 16.1. The first-order valence-corrected chi connectivity index (χ1v) is 9.08. The molecule has 2 heterocycles. The number of tetrazole rings is 1. The fourth-order valence-corrected chi connectivity index (χ4v) is 3.05. The fourth-order valence-electron chi connectivity index (χ4n) is 3.05. The van der Waals surface area contributed by atoms with E-state index in [-0.39, 0.29) is 5.91 Å². The molecule has 2 aromatic carbocycles. The van der Waals surface area contributed by atoms with E-state index in [0.717, 1.165) is 29.9 Å². The smallest absolute Gasteiger partial charge is 0.258 e. The summed E-state index contributed by atoms with van der Waals surface area (Å²) in [5.74, 6) is 0.497. The van der Waals surface area contributed by atoms with E-state index in [1.54, 1.807) is 17.1 Å². The Kier molecular flexibility index (Phi) is 3.93. The quantitative estimate of drug-likeness (QED) is 0.582. The Hall–Kier alpha value is -3.81. The Balaban J connectivity index is 1.36. The third-order valence-electron chi connectivity index (χ3n) is 4.63. The summed E-state index contributed by atoms with van der Waals surface area (Å²) in [5, 5.41) is 19.2. The lowest BCUT2D eigenvalue weighted by Gasteiger charge is -2.07. The molecule has 138 valence electrons. The zero-order chi connectivity index (χ0) is 18.9. The number of carbonyl (C=O) groups excluding carboxylic acids is 1. The molecule has 0 spiro atoms. The van der Waals surface area contributed by atoms with Crippen molar-refractivity contribution in [3.05, 3.63) is 72.6 Å². The van der Waals surface area contributed by atoms with E-state index < -0.39 is 0 Å². The van der Waals surface area contributed by atoms with Gasteiger partial charge in [-0.05, 0) is 47.5 Å². The molecule has 2 aromatic heterocycles. The van der Waals surface area contributed by atoms with E-state index in [1.807, 2.05) is 59.3 Å². The van der Waals surface area contributed by atoms with Gasteiger partial charge in [-0.2, -0.15) is 5.10 Å². The predicted molar refractivity (Wildman–Crippen MR) is 103 cm³/mol. The fraction of sp³-hybridized carbons (Fsp3) is 0.150. The number of rotatable bonds is 5. The molecule has 0 radical (unpaired) electrons. The van der Waals surface area contributed by atoms with Crippen LogP contribution in [-0.2, 0) is 0 Å². The van der Waals surface area contributed by atoms with Crippen LogP contribution in [0.25, 0.3) is 17.1 Å². The molecule has 8 nitrogen and oxygen atoms in total. The van der Waals surface area contributed by atoms with Crippen LogP contribution in [0, 0.1) is 0 Å². The van der Waals surface area contributed by atoms with Crippen molar-refractivity contribution >= 4 is 11.6 Å². The molecule has 0 bridgehead atoms. The SMILES string of the molecule is O=C(Nc1cccc(-c2nnnn2C2CC2)c1)c1cnn(-c2ccccc2)c1. The van der Waals surface area contributed by atoms with Gasteiger partial charge in [0.05, 0.1) is 23.5 Å². The molecule has 0 aliphatic heterocycles. The number of hydrogen-bond donors (Lipinski definition) is 1. The standard InChI is InChI=1S/C20H17N7O/c28-20(15-12-21-26(13-15)17-7-2-1-3-8-17)22-16-6-4-5-14(11-16)19-23-24-25-27(19)18-9-10-18/h1-8,11-13,18H,9-10H2,(H,22,28). The lowest BCUT2D eigenvalue weighted by molar-refractivity contribution is 0.102. The van der Waals surface area contributed by atoms with Crippen LogP contribution in [0.2, 0.25) is 0 Å². The van der Waals surface area contributed by atoms with Gasteiger partial charge in [0, 0.05) is 17.4 Å². The van der Waals surface area contributed by atoms with Crippen molar-refractivity contribution in [1.82, 2.24) is 30.0 Å². The highest BCUT2D eigenvalue weighted by Gasteiger charge is 2.28. The minimum atomic E-state index is -0.221. The third-order valence-corrected chi connectivity index (χ3v) is 4.63. The maximum Gasteiger partial charge on any atom is 0.258 e. The summed E-state index contributed by atoms with van der Waals surface area (Å²) >= 11 is 0. The Labute approximate surface area is 160 Å². The molecule has 1 fully saturated rings. The van der Waals surface area contributed by atoms with Gasteiger partial charge >= 0.3 is 0 Å². The number of nitrogens with zero attached hydrogens (tertiary/aromatic N) is 6. The van der Waals surface area contributed by atoms with E-state index in [0.29, 0.717) is 17.3 Å². The molecule has 0 unspecified atom stereocenters. The largest absolute Gasteiger partial charge is 0.322 e. The Morgan fingerprint density at radius 2 is 1.93 bits per heavy atom. The summed E-state index contributed by atoms with van der Waals surface area (Å²) in [6.45, 7) is 0. The molecule has 0 saturated heterocycles. The van der Waals surface area contributed by atoms with Gasteiger partial charge in [-0.1, -0.05) is 30.3 Å². The summed E-state index contributed by atoms with van der Waals surface area (Å²) in [4.78, 5) is 12.6. The van der Waals surface area contributed by atoms with Gasteiger partial charge in [0.2, 0.25) is 0 Å². The van der Waals surface area contributed by atoms with Crippen LogP contribution in [0.4, 0.5) is 5.69 Å². The summed E-state index contributed by atoms with van der Waals surface area (Å²) < 4.78 is 3.53. The Bertz CT molecular complexity index is 1130. The number of carbonyl (C=O) groups is 1. The monoisotopic (exact) mass is 371 g/mol. The number of amides is 1. The molecule has 1 N–H and O–H groups in total. The lowest BCUT2D eigenvalue weighted by atomic mass is 10.2. The molecule has 0 atom stereocenters. The first kappa shape index (κ1) is 16.4. The average molecular weight is 371 g/mol. The van der Waals surface area contributed by atoms with Crippen molar-refractivity contribution in [3.8, 4) is 17.1 Å². The van der Waals surface area contributed by atoms with Crippen LogP contribution >= 0.6 is 0 Å². The van der Waals surface area contributed by atoms with Gasteiger partial charge in [-0.3, -0.25) is 4.79 Å². The zero-order valence-corrected chi connectivity index (χ0v) is 14.9. The summed E-state index contributed by atoms with van der Waals surface area (Å²) in [7, 11) is 0. The highest BCUT2D eigenvalue weighted by molar-refractivity contribution is 6.04. The summed E-state index contributed by atoms with van der Waals surface area (Å²) in [6.07, 6.45) is 5.46. The third kappa shape index (κ3) is 3.16. The van der Waals surface area contributed by atoms with Crippen LogP contribution in [0.3, 0.4) is 0 Å². The molecular formula is C20H17N7O. The van der Waals surface area contributed by atoms with Crippen molar-refractivity contribution in [2.45, 2.75) is 18.9 Å². The number of nitrogens with one attached hydrogen (secondary N) is 1. The van der Waals surface area contributed by atoms with Gasteiger partial charge in [0.1, 0.15) is 0 Å². The number of para-hydroxylation sites is 1. The maximum atomic E-state index is 12.6. The normalized spacial score (nSPS) is 13.4. The van der Waals surface area contributed by atoms with Crippen LogP contribution < -0.4 is 5.32 Å². The number of anilines is 1. The van der Waals surface area contributed by atoms with E-state index >= 15 is 0 Å². The first-order valence-electron chi connectivity index (χ1n) is 9.08. The summed E-state index contributed by atoms with van der Waals surface area (Å²) in [6, 6.07) is 17.6. The van der Waals surface area contributed by atoms with Crippen molar-refractivity contribution in [3.63, 3.8) is 0 Å². The molecule has 1 aliphatic rings. The maximum absolute atomic E-state index is 12.6. The topological polar surface area (TPSA) is 90.5 Å². The van der Waals surface area contributed by atoms with E-state index in [2.05, 4.69) is 25.9 Å². The molecule has 28 heavy (non-hydrogen) atoms. The summed E-state index contributed by atoms with van der Waals surface area (Å²) in [5.41, 5.74) is 2.93. The van der Waals surface area contributed by atoms with Crippen molar-refractivity contribution < 1.29 is 4.79 Å². The van der Waals surface area contributed by atoms with Gasteiger partial charge in [0.15, 0.2) is 5.82 Å². The van der Waals surface area contributed by atoms with Crippen molar-refractivity contribution in [1.29, 1.82) is 0 Å². The van der Waals surface area contributed by atoms with E-state index in [4.69, 9.17) is 0 Å². The Morgan fingerprint density at radius 3 is 2.75 bits per heavy atom. The minimum absolute atomic E-state index is 0.221. The molecule has 5 rings (SSSR count). The second kappa shape index (κ2) is 6.73. The lowest BCUT2D eigenvalue weighted by Crippen LogP contribution is -2.11. The molecule has 1 aliphatic carbocycles. The number of hydrogen-bond acceptors (Lipinski definition) is 5. The zero-order valence-electron chi connectivity index (χ0n) is 14.9. The molecule has 1 saturated carbocycles. The molecular weight excluding hydrogens is 354 g/mol.